The number of hydrogen-bond donors (Lipinski definition) is 2. The normalized spacial score (nSPS) is 13.6. The Bertz CT molecular complexity index is 546. The number of methoxy groups -OCH3 is 1. The van der Waals surface area contributed by atoms with Gasteiger partial charge in [0.15, 0.2) is 11.7 Å². The Kier molecular flexibility index (Phi) is 7.27. The predicted molar refractivity (Wildman–Crippen MR) is 81.4 cm³/mol. The fourth-order valence-electron chi connectivity index (χ4n) is 1.60. The molecule has 0 saturated carbocycles. The van der Waals surface area contributed by atoms with Gasteiger partial charge in [0.25, 0.3) is 0 Å². The van der Waals surface area contributed by atoms with Crippen molar-refractivity contribution in [2.45, 2.75) is 19.5 Å². The molecule has 6 nitrogen and oxygen atoms in total. The molecule has 0 aliphatic carbocycles. The van der Waals surface area contributed by atoms with Gasteiger partial charge in [-0.3, -0.25) is 9.79 Å². The van der Waals surface area contributed by atoms with Crippen LogP contribution in [0.25, 0.3) is 0 Å². The third-order valence-electron chi connectivity index (χ3n) is 2.88. The molecule has 1 unspecified atom stereocenters. The van der Waals surface area contributed by atoms with Crippen molar-refractivity contribution in [3.05, 3.63) is 16.1 Å². The Morgan fingerprint density at radius 2 is 2.17 bits per heavy atom. The Morgan fingerprint density at radius 1 is 1.48 bits per heavy atom. The second-order valence-corrected chi connectivity index (χ2v) is 5.62. The number of aliphatic imine (C=N–C) groups is 1. The largest absolute Gasteiger partial charge is 0.469 e. The summed E-state index contributed by atoms with van der Waals surface area (Å²) in [7, 11) is 2.87. The molecular weight excluding hydrogens is 333 g/mol. The summed E-state index contributed by atoms with van der Waals surface area (Å²) in [6, 6.07) is 0. The summed E-state index contributed by atoms with van der Waals surface area (Å²) in [6.07, 6.45) is -4.07. The van der Waals surface area contributed by atoms with Crippen LogP contribution in [0.4, 0.5) is 13.2 Å². The molecule has 1 aromatic heterocycles. The molecular formula is C13H19F3N4O2S. The van der Waals surface area contributed by atoms with Gasteiger partial charge in [0.1, 0.15) is 0 Å². The molecule has 10 heteroatoms. The summed E-state index contributed by atoms with van der Waals surface area (Å²) < 4.78 is 41.9. The Hall–Kier alpha value is -1.84. The quantitative estimate of drug-likeness (QED) is 0.463. The zero-order valence-corrected chi connectivity index (χ0v) is 13.8. The van der Waals surface area contributed by atoms with E-state index in [0.717, 1.165) is 16.7 Å². The summed E-state index contributed by atoms with van der Waals surface area (Å²) in [5, 5.41) is 7.28. The number of ether oxygens (including phenoxy) is 1. The maximum absolute atomic E-state index is 12.4. The highest BCUT2D eigenvalue weighted by atomic mass is 32.1. The lowest BCUT2D eigenvalue weighted by molar-refractivity contribution is -0.144. The van der Waals surface area contributed by atoms with Crippen LogP contribution in [0.2, 0.25) is 0 Å². The minimum atomic E-state index is -4.41. The van der Waals surface area contributed by atoms with Gasteiger partial charge in [-0.25, -0.2) is 4.98 Å². The molecule has 0 fully saturated rings. The fraction of sp³-hybridized carbons (Fsp3) is 0.615. The summed E-state index contributed by atoms with van der Waals surface area (Å²) in [5.74, 6) is -0.226. The average molecular weight is 352 g/mol. The Morgan fingerprint density at radius 3 is 2.70 bits per heavy atom. The molecule has 0 aliphatic heterocycles. The molecule has 130 valence electrons. The number of hydrogen-bond acceptors (Lipinski definition) is 5. The van der Waals surface area contributed by atoms with Crippen LogP contribution in [0.3, 0.4) is 0 Å². The minimum Gasteiger partial charge on any atom is -0.469 e. The molecule has 0 aromatic carbocycles. The first-order valence-electron chi connectivity index (χ1n) is 6.81. The molecule has 0 saturated heterocycles. The van der Waals surface area contributed by atoms with Gasteiger partial charge in [0.05, 0.1) is 18.0 Å². The van der Waals surface area contributed by atoms with E-state index in [0.29, 0.717) is 30.5 Å². The highest BCUT2D eigenvalue weighted by Crippen LogP contribution is 2.29. The van der Waals surface area contributed by atoms with E-state index in [-0.39, 0.29) is 11.9 Å². The smallest absolute Gasteiger partial charge is 0.434 e. The molecule has 1 rings (SSSR count). The molecule has 1 aromatic rings. The van der Waals surface area contributed by atoms with Crippen molar-refractivity contribution in [1.82, 2.24) is 15.6 Å². The lowest BCUT2D eigenvalue weighted by atomic mass is 10.2. The van der Waals surface area contributed by atoms with Crippen LogP contribution in [-0.2, 0) is 22.1 Å². The number of nitrogens with one attached hydrogen (secondary N) is 2. The zero-order valence-electron chi connectivity index (χ0n) is 13.0. The van der Waals surface area contributed by atoms with Gasteiger partial charge in [0.2, 0.25) is 0 Å². The van der Waals surface area contributed by atoms with Gasteiger partial charge in [-0.1, -0.05) is 6.92 Å². The van der Waals surface area contributed by atoms with E-state index >= 15 is 0 Å². The number of carbonyl (C=O) groups excluding carboxylic acids is 1. The van der Waals surface area contributed by atoms with Crippen molar-refractivity contribution in [2.24, 2.45) is 10.9 Å². The lowest BCUT2D eigenvalue weighted by Gasteiger charge is -2.14. The van der Waals surface area contributed by atoms with E-state index in [4.69, 9.17) is 0 Å². The van der Waals surface area contributed by atoms with E-state index in [1.54, 1.807) is 14.0 Å². The number of carbonyl (C=O) groups is 1. The zero-order chi connectivity index (χ0) is 17.5. The standard InChI is InChI=1S/C13H19F3N4O2S/c1-8(11(21)22-3)6-19-12(17-2)18-5-4-10-20-9(7-23-10)13(14,15)16/h7-8H,4-6H2,1-3H3,(H2,17,18,19). The highest BCUT2D eigenvalue weighted by Gasteiger charge is 2.33. The summed E-state index contributed by atoms with van der Waals surface area (Å²) >= 11 is 0.968. The van der Waals surface area contributed by atoms with E-state index < -0.39 is 11.9 Å². The van der Waals surface area contributed by atoms with Gasteiger partial charge in [-0.2, -0.15) is 13.2 Å². The number of nitrogens with zero attached hydrogens (tertiary/aromatic N) is 2. The molecule has 0 spiro atoms. The van der Waals surface area contributed by atoms with Gasteiger partial charge in [-0.15, -0.1) is 11.3 Å². The SMILES string of the molecule is CN=C(NCCc1nc(C(F)(F)F)cs1)NCC(C)C(=O)OC. The van der Waals surface area contributed by atoms with Gasteiger partial charge in [0, 0.05) is 31.9 Å². The molecule has 1 atom stereocenters. The topological polar surface area (TPSA) is 75.6 Å². The van der Waals surface area contributed by atoms with Crippen LogP contribution < -0.4 is 10.6 Å². The van der Waals surface area contributed by atoms with E-state index in [1.807, 2.05) is 0 Å². The van der Waals surface area contributed by atoms with Crippen molar-refractivity contribution >= 4 is 23.3 Å². The fourth-order valence-corrected chi connectivity index (χ4v) is 2.40. The molecule has 23 heavy (non-hydrogen) atoms. The van der Waals surface area contributed by atoms with Crippen LogP contribution in [0.5, 0.6) is 0 Å². The van der Waals surface area contributed by atoms with Crippen molar-refractivity contribution in [3.63, 3.8) is 0 Å². The third-order valence-corrected chi connectivity index (χ3v) is 3.78. The third kappa shape index (κ3) is 6.43. The Labute approximate surface area is 136 Å². The van der Waals surface area contributed by atoms with Crippen molar-refractivity contribution in [3.8, 4) is 0 Å². The molecule has 0 aliphatic rings. The van der Waals surface area contributed by atoms with Crippen LogP contribution in [0, 0.1) is 5.92 Å². The van der Waals surface area contributed by atoms with Gasteiger partial charge >= 0.3 is 12.1 Å². The molecule has 0 bridgehead atoms. The summed E-state index contributed by atoms with van der Waals surface area (Å²) in [5.41, 5.74) is -0.869. The number of esters is 1. The summed E-state index contributed by atoms with van der Waals surface area (Å²) in [6.45, 7) is 2.42. The van der Waals surface area contributed by atoms with Crippen molar-refractivity contribution < 1.29 is 22.7 Å². The van der Waals surface area contributed by atoms with Crippen molar-refractivity contribution in [2.75, 3.05) is 27.2 Å². The second-order valence-electron chi connectivity index (χ2n) is 4.68. The number of thiazole rings is 1. The van der Waals surface area contributed by atoms with E-state index in [1.165, 1.54) is 7.11 Å². The molecule has 2 N–H and O–H groups in total. The average Bonchev–Trinajstić information content (AvgIpc) is 2.98. The maximum Gasteiger partial charge on any atom is 0.434 e. The molecule has 1 heterocycles. The number of halogens is 3. The first-order valence-corrected chi connectivity index (χ1v) is 7.69. The highest BCUT2D eigenvalue weighted by molar-refractivity contribution is 7.09. The van der Waals surface area contributed by atoms with Crippen LogP contribution in [-0.4, -0.2) is 44.2 Å². The number of aromatic nitrogens is 1. The maximum atomic E-state index is 12.4. The first kappa shape index (κ1) is 19.2. The lowest BCUT2D eigenvalue weighted by Crippen LogP contribution is -2.41. The minimum absolute atomic E-state index is 0.335. The van der Waals surface area contributed by atoms with E-state index in [2.05, 4.69) is 25.3 Å². The number of guanidine groups is 1. The number of alkyl halides is 3. The molecule has 0 amide bonds. The van der Waals surface area contributed by atoms with Crippen molar-refractivity contribution in [1.29, 1.82) is 0 Å². The Balaban J connectivity index is 2.38. The second kappa shape index (κ2) is 8.70. The van der Waals surface area contributed by atoms with Gasteiger partial charge < -0.3 is 15.4 Å². The monoisotopic (exact) mass is 352 g/mol. The molecule has 0 radical (unpaired) electrons. The van der Waals surface area contributed by atoms with Crippen LogP contribution in [0.1, 0.15) is 17.6 Å². The van der Waals surface area contributed by atoms with E-state index in [9.17, 15) is 18.0 Å². The van der Waals surface area contributed by atoms with Gasteiger partial charge in [-0.05, 0) is 0 Å². The first-order chi connectivity index (χ1) is 10.8. The predicted octanol–water partition coefficient (Wildman–Crippen LogP) is 1.68. The van der Waals surface area contributed by atoms with Crippen LogP contribution in [0.15, 0.2) is 10.4 Å². The number of rotatable bonds is 6. The summed E-state index contributed by atoms with van der Waals surface area (Å²) in [4.78, 5) is 18.8. The van der Waals surface area contributed by atoms with Crippen LogP contribution >= 0.6 is 11.3 Å².